The number of ether oxygens (including phenoxy) is 1. The van der Waals surface area contributed by atoms with Crippen LogP contribution in [0.2, 0.25) is 0 Å². The van der Waals surface area contributed by atoms with Crippen molar-refractivity contribution in [2.75, 3.05) is 13.7 Å². The Morgan fingerprint density at radius 2 is 1.96 bits per heavy atom. The first-order chi connectivity index (χ1) is 13.1. The molecule has 4 aromatic rings. The fourth-order valence-corrected chi connectivity index (χ4v) is 4.28. The van der Waals surface area contributed by atoms with Crippen molar-refractivity contribution < 1.29 is 9.84 Å². The van der Waals surface area contributed by atoms with E-state index in [0.29, 0.717) is 17.7 Å². The molecule has 0 fully saturated rings. The van der Waals surface area contributed by atoms with Crippen LogP contribution in [-0.2, 0) is 0 Å². The molecule has 2 aromatic carbocycles. The molecule has 2 aromatic heterocycles. The molecular formula is C21H20N2O3S. The maximum Gasteiger partial charge on any atom is 0.266 e. The Labute approximate surface area is 160 Å². The second kappa shape index (κ2) is 7.15. The van der Waals surface area contributed by atoms with Crippen molar-refractivity contribution in [1.82, 2.24) is 4.98 Å². The summed E-state index contributed by atoms with van der Waals surface area (Å²) in [5.41, 5.74) is 8.95. The molecule has 0 aliphatic heterocycles. The number of hydrogen-bond donors (Lipinski definition) is 3. The van der Waals surface area contributed by atoms with Crippen molar-refractivity contribution in [1.29, 1.82) is 0 Å². The number of methoxy groups -OCH3 is 1. The van der Waals surface area contributed by atoms with Crippen LogP contribution in [0.3, 0.4) is 0 Å². The van der Waals surface area contributed by atoms with Crippen molar-refractivity contribution in [2.24, 2.45) is 5.73 Å². The van der Waals surface area contributed by atoms with E-state index in [1.165, 1.54) is 11.3 Å². The van der Waals surface area contributed by atoms with Gasteiger partial charge in [-0.15, -0.1) is 11.3 Å². The molecule has 0 aliphatic carbocycles. The molecule has 27 heavy (non-hydrogen) atoms. The van der Waals surface area contributed by atoms with Gasteiger partial charge in [-0.3, -0.25) is 4.79 Å². The quantitative estimate of drug-likeness (QED) is 0.491. The Kier molecular flexibility index (Phi) is 4.70. The number of aliphatic hydroxyl groups excluding tert-OH is 1. The van der Waals surface area contributed by atoms with E-state index in [0.717, 1.165) is 38.7 Å². The van der Waals surface area contributed by atoms with E-state index >= 15 is 0 Å². The number of benzene rings is 2. The first kappa shape index (κ1) is 17.7. The highest BCUT2D eigenvalue weighted by Crippen LogP contribution is 2.40. The van der Waals surface area contributed by atoms with Gasteiger partial charge in [-0.2, -0.15) is 0 Å². The second-order valence-electron chi connectivity index (χ2n) is 6.40. The van der Waals surface area contributed by atoms with Gasteiger partial charge in [0.05, 0.1) is 13.2 Å². The van der Waals surface area contributed by atoms with Crippen molar-refractivity contribution in [3.63, 3.8) is 0 Å². The molecular weight excluding hydrogens is 360 g/mol. The minimum Gasteiger partial charge on any atom is -0.496 e. The standard InChI is InChI=1S/C21H20N2O3S/c1-26-17-7-6-15-19(14-9-11-27-20(14)21(25)23-15)18(17)13-4-2-12(3-5-13)16(24)8-10-22/h2-7,9,11,16,24H,8,10,22H2,1H3,(H,23,25). The van der Waals surface area contributed by atoms with E-state index in [1.54, 1.807) is 7.11 Å². The Morgan fingerprint density at radius 1 is 1.19 bits per heavy atom. The lowest BCUT2D eigenvalue weighted by Crippen LogP contribution is -2.06. The van der Waals surface area contributed by atoms with Crippen molar-refractivity contribution in [3.8, 4) is 16.9 Å². The van der Waals surface area contributed by atoms with E-state index in [2.05, 4.69) is 4.98 Å². The van der Waals surface area contributed by atoms with E-state index in [4.69, 9.17) is 10.5 Å². The zero-order chi connectivity index (χ0) is 19.0. The number of pyridine rings is 1. The lowest BCUT2D eigenvalue weighted by Gasteiger charge is -2.15. The summed E-state index contributed by atoms with van der Waals surface area (Å²) in [6.07, 6.45) is -0.0494. The number of rotatable bonds is 5. The minimum absolute atomic E-state index is 0.0797. The first-order valence-electron chi connectivity index (χ1n) is 8.72. The normalized spacial score (nSPS) is 12.6. The zero-order valence-electron chi connectivity index (χ0n) is 14.9. The molecule has 0 spiro atoms. The van der Waals surface area contributed by atoms with Crippen LogP contribution in [0.1, 0.15) is 18.1 Å². The highest BCUT2D eigenvalue weighted by molar-refractivity contribution is 7.17. The van der Waals surface area contributed by atoms with Gasteiger partial charge in [0.15, 0.2) is 0 Å². The minimum atomic E-state index is -0.571. The molecule has 6 heteroatoms. The van der Waals surface area contributed by atoms with Crippen LogP contribution in [0.5, 0.6) is 5.75 Å². The highest BCUT2D eigenvalue weighted by Gasteiger charge is 2.16. The number of nitrogens with two attached hydrogens (primary N) is 1. The van der Waals surface area contributed by atoms with E-state index in [1.807, 2.05) is 47.8 Å². The van der Waals surface area contributed by atoms with Crippen LogP contribution < -0.4 is 16.0 Å². The number of hydrogen-bond acceptors (Lipinski definition) is 5. The molecule has 0 bridgehead atoms. The van der Waals surface area contributed by atoms with Crippen molar-refractivity contribution in [3.05, 3.63) is 63.8 Å². The van der Waals surface area contributed by atoms with Gasteiger partial charge in [0, 0.05) is 21.9 Å². The molecule has 138 valence electrons. The zero-order valence-corrected chi connectivity index (χ0v) is 15.7. The number of aromatic nitrogens is 1. The van der Waals surface area contributed by atoms with Gasteiger partial charge in [-0.25, -0.2) is 0 Å². The van der Waals surface area contributed by atoms with E-state index in [-0.39, 0.29) is 5.56 Å². The van der Waals surface area contributed by atoms with Gasteiger partial charge in [-0.05, 0) is 47.7 Å². The monoisotopic (exact) mass is 380 g/mol. The average molecular weight is 380 g/mol. The number of thiophene rings is 1. The third-order valence-electron chi connectivity index (χ3n) is 4.80. The number of H-pyrrole nitrogens is 1. The Bertz CT molecular complexity index is 1160. The molecule has 0 radical (unpaired) electrons. The maximum atomic E-state index is 12.3. The fourth-order valence-electron chi connectivity index (χ4n) is 3.48. The summed E-state index contributed by atoms with van der Waals surface area (Å²) < 4.78 is 6.33. The first-order valence-corrected chi connectivity index (χ1v) is 9.60. The smallest absolute Gasteiger partial charge is 0.266 e. The topological polar surface area (TPSA) is 88.3 Å². The number of fused-ring (bicyclic) bond motifs is 3. The van der Waals surface area contributed by atoms with Crippen LogP contribution in [0.25, 0.3) is 32.1 Å². The lowest BCUT2D eigenvalue weighted by atomic mass is 9.95. The summed E-state index contributed by atoms with van der Waals surface area (Å²) in [5, 5.41) is 14.0. The van der Waals surface area contributed by atoms with E-state index in [9.17, 15) is 9.90 Å². The predicted molar refractivity (Wildman–Crippen MR) is 111 cm³/mol. The van der Waals surface area contributed by atoms with Gasteiger partial charge in [0.25, 0.3) is 5.56 Å². The summed E-state index contributed by atoms with van der Waals surface area (Å²) in [5.74, 6) is 0.734. The molecule has 1 atom stereocenters. The Hall–Kier alpha value is -2.67. The maximum absolute atomic E-state index is 12.3. The third-order valence-corrected chi connectivity index (χ3v) is 5.71. The Morgan fingerprint density at radius 3 is 2.67 bits per heavy atom. The molecule has 0 aliphatic rings. The lowest BCUT2D eigenvalue weighted by molar-refractivity contribution is 0.170. The highest BCUT2D eigenvalue weighted by atomic mass is 32.1. The summed E-state index contributed by atoms with van der Waals surface area (Å²) >= 11 is 1.43. The van der Waals surface area contributed by atoms with Crippen LogP contribution in [0.4, 0.5) is 0 Å². The fraction of sp³-hybridized carbons (Fsp3) is 0.190. The number of aliphatic hydroxyl groups is 1. The average Bonchev–Trinajstić information content (AvgIpc) is 3.18. The summed E-state index contributed by atoms with van der Waals surface area (Å²) in [6.45, 7) is 0.434. The molecule has 4 rings (SSSR count). The summed E-state index contributed by atoms with van der Waals surface area (Å²) in [6, 6.07) is 13.5. The number of aromatic amines is 1. The van der Waals surface area contributed by atoms with Gasteiger partial charge >= 0.3 is 0 Å². The SMILES string of the molecule is COc1ccc2[nH]c(=O)c3sccc3c2c1-c1ccc(C(O)CCN)cc1. The van der Waals surface area contributed by atoms with Gasteiger partial charge < -0.3 is 20.6 Å². The van der Waals surface area contributed by atoms with Crippen LogP contribution in [-0.4, -0.2) is 23.7 Å². The second-order valence-corrected chi connectivity index (χ2v) is 7.31. The molecule has 1 unspecified atom stereocenters. The molecule has 4 N–H and O–H groups in total. The molecule has 5 nitrogen and oxygen atoms in total. The van der Waals surface area contributed by atoms with Gasteiger partial charge in [-0.1, -0.05) is 24.3 Å². The summed E-state index contributed by atoms with van der Waals surface area (Å²) in [7, 11) is 1.64. The summed E-state index contributed by atoms with van der Waals surface area (Å²) in [4.78, 5) is 15.3. The third kappa shape index (κ3) is 3.02. The van der Waals surface area contributed by atoms with Crippen LogP contribution >= 0.6 is 11.3 Å². The largest absolute Gasteiger partial charge is 0.496 e. The predicted octanol–water partition coefficient (Wildman–Crippen LogP) is 3.80. The molecule has 0 saturated carbocycles. The van der Waals surface area contributed by atoms with Gasteiger partial charge in [0.1, 0.15) is 10.4 Å². The van der Waals surface area contributed by atoms with Gasteiger partial charge in [0.2, 0.25) is 0 Å². The number of nitrogens with one attached hydrogen (secondary N) is 1. The van der Waals surface area contributed by atoms with Crippen LogP contribution in [0.15, 0.2) is 52.6 Å². The molecule has 0 amide bonds. The Balaban J connectivity index is 1.97. The molecule has 0 saturated heterocycles. The van der Waals surface area contributed by atoms with Crippen molar-refractivity contribution >= 4 is 32.3 Å². The molecule has 2 heterocycles. The van der Waals surface area contributed by atoms with Crippen molar-refractivity contribution in [2.45, 2.75) is 12.5 Å². The van der Waals surface area contributed by atoms with E-state index < -0.39 is 6.10 Å². The van der Waals surface area contributed by atoms with Crippen LogP contribution in [0, 0.1) is 0 Å².